The molecule has 0 heterocycles. The monoisotopic (exact) mass is 460 g/mol. The minimum atomic E-state index is 0.0833. The van der Waals surface area contributed by atoms with Gasteiger partial charge in [0.15, 0.2) is 0 Å². The summed E-state index contributed by atoms with van der Waals surface area (Å²) in [4.78, 5) is 0. The zero-order valence-corrected chi connectivity index (χ0v) is 12.9. The summed E-state index contributed by atoms with van der Waals surface area (Å²) in [5.41, 5.74) is 0. The van der Waals surface area contributed by atoms with Crippen LogP contribution in [0.1, 0.15) is 0 Å². The van der Waals surface area contributed by atoms with Crippen molar-refractivity contribution in [1.29, 1.82) is 0 Å². The Hall–Kier alpha value is 1.74. The van der Waals surface area contributed by atoms with E-state index < -0.39 is 0 Å². The van der Waals surface area contributed by atoms with Crippen LogP contribution < -0.4 is 0 Å². The number of aliphatic hydroxyl groups is 2. The Bertz CT molecular complexity index is 63.6. The van der Waals surface area contributed by atoms with Crippen LogP contribution in [-0.2, 0) is 14.9 Å². The minimum absolute atomic E-state index is 0.0833. The average Bonchev–Trinajstić information content (AvgIpc) is 2.06. The van der Waals surface area contributed by atoms with Gasteiger partial charge in [0.05, 0.1) is 13.2 Å². The summed E-state index contributed by atoms with van der Waals surface area (Å²) in [6.07, 6.45) is 2.86. The number of halogens is 2. The third kappa shape index (κ3) is 79.6. The van der Waals surface area contributed by atoms with Crippen LogP contribution >= 0.6 is 36.1 Å². The van der Waals surface area contributed by atoms with Gasteiger partial charge >= 0.3 is 50.9 Å². The van der Waals surface area contributed by atoms with Gasteiger partial charge < -0.3 is 10.2 Å². The van der Waals surface area contributed by atoms with E-state index in [9.17, 15) is 0 Å². The molecule has 0 aromatic heterocycles. The molecule has 0 saturated carbocycles. The summed E-state index contributed by atoms with van der Waals surface area (Å²) in [5, 5.41) is 15.5. The van der Waals surface area contributed by atoms with Gasteiger partial charge in [-0.15, -0.1) is 13.2 Å². The quantitative estimate of drug-likeness (QED) is 0.489. The van der Waals surface area contributed by atoms with E-state index in [0.29, 0.717) is 0 Å². The van der Waals surface area contributed by atoms with Gasteiger partial charge in [0.1, 0.15) is 0 Å². The molecule has 0 atom stereocenters. The van der Waals surface area contributed by atoms with E-state index in [-0.39, 0.29) is 28.1 Å². The van der Waals surface area contributed by atoms with Gasteiger partial charge in [-0.1, -0.05) is 12.2 Å². The molecule has 2 nitrogen and oxygen atoms in total. The molecule has 0 bridgehead atoms. The van der Waals surface area contributed by atoms with Gasteiger partial charge in [-0.3, -0.25) is 0 Å². The fraction of sp³-hybridized carbons (Fsp3) is 0.333. The van der Waals surface area contributed by atoms with Crippen LogP contribution in [-0.4, -0.2) is 23.4 Å². The molecule has 0 aromatic rings. The van der Waals surface area contributed by atoms with E-state index >= 15 is 0 Å². The van der Waals surface area contributed by atoms with Crippen molar-refractivity contribution in [2.45, 2.75) is 0 Å². The number of hydrogen-bond donors (Lipinski definition) is 2. The van der Waals surface area contributed by atoms with E-state index in [1.807, 2.05) is 0 Å². The molecular weight excluding hydrogens is 449 g/mol. The zero-order valence-electron chi connectivity index (χ0n) is 6.13. The molecule has 0 spiro atoms. The summed E-state index contributed by atoms with van der Waals surface area (Å²) in [5.74, 6) is 0. The maximum atomic E-state index is 7.76. The Morgan fingerprint density at radius 1 is 1.09 bits per heavy atom. The molecule has 66 valence electrons. The molecule has 0 rings (SSSR count). The van der Waals surface area contributed by atoms with Gasteiger partial charge in [-0.2, -0.15) is 0 Å². The van der Waals surface area contributed by atoms with Crippen LogP contribution in [0.3, 0.4) is 0 Å². The summed E-state index contributed by atoms with van der Waals surface area (Å²) in [6.45, 7) is 6.62. The second kappa shape index (κ2) is 29.8. The van der Waals surface area contributed by atoms with Crippen LogP contribution in [0.25, 0.3) is 0 Å². The fourth-order valence-electron chi connectivity index (χ4n) is 0. The van der Waals surface area contributed by atoms with E-state index in [0.717, 1.165) is 0 Å². The third-order valence-electron chi connectivity index (χ3n) is 0.258. The molecule has 0 radical (unpaired) electrons. The Morgan fingerprint density at radius 3 is 1.18 bits per heavy atom. The second-order valence-corrected chi connectivity index (χ2v) is 20.0. The standard InChI is InChI=1S/2C3H6O.2HI.Zr/c2*1-2-3-4;;;/h2*2,4H,1,3H2;2*1H;/q;;;;+2/p-2. The molecule has 0 aromatic carbocycles. The van der Waals surface area contributed by atoms with Crippen LogP contribution in [0.15, 0.2) is 25.3 Å². The van der Waals surface area contributed by atoms with E-state index in [4.69, 9.17) is 10.2 Å². The maximum absolute atomic E-state index is 7.76. The second-order valence-electron chi connectivity index (χ2n) is 1.01. The van der Waals surface area contributed by atoms with Crippen molar-refractivity contribution in [1.82, 2.24) is 0 Å². The molecule has 0 saturated heterocycles. The molecule has 11 heavy (non-hydrogen) atoms. The first-order chi connectivity index (χ1) is 5.24. The molecular formula is C6H12I2O2Zr. The van der Waals surface area contributed by atoms with E-state index in [1.54, 1.807) is 0 Å². The van der Waals surface area contributed by atoms with Crippen molar-refractivity contribution in [3.63, 3.8) is 0 Å². The van der Waals surface area contributed by atoms with Gasteiger partial charge in [0.2, 0.25) is 0 Å². The summed E-state index contributed by atoms with van der Waals surface area (Å²) in [7, 11) is 0. The molecule has 0 aliphatic heterocycles. The Kier molecular flexibility index (Phi) is 50.2. The molecule has 0 aliphatic carbocycles. The van der Waals surface area contributed by atoms with E-state index in [1.165, 1.54) is 12.2 Å². The third-order valence-corrected chi connectivity index (χ3v) is 0.258. The van der Waals surface area contributed by atoms with Crippen LogP contribution in [0.5, 0.6) is 0 Å². The molecule has 0 fully saturated rings. The molecule has 2 N–H and O–H groups in total. The van der Waals surface area contributed by atoms with Crippen molar-refractivity contribution in [2.75, 3.05) is 13.2 Å². The summed E-state index contributed by atoms with van der Waals surface area (Å²) in [6, 6.07) is 0. The average molecular weight is 461 g/mol. The fourth-order valence-corrected chi connectivity index (χ4v) is 0. The molecule has 5 heteroatoms. The Balaban J connectivity index is -0.0000000886. The predicted octanol–water partition coefficient (Wildman–Crippen LogP) is 2.10. The SMILES string of the molecule is C=CCO.C=CCO.[I][Zr][I]. The van der Waals surface area contributed by atoms with Gasteiger partial charge in [-0.25, -0.2) is 0 Å². The normalized spacial score (nSPS) is 5.82. The molecule has 0 unspecified atom stereocenters. The first kappa shape index (κ1) is 18.5. The van der Waals surface area contributed by atoms with Crippen molar-refractivity contribution < 1.29 is 25.1 Å². The number of hydrogen-bond acceptors (Lipinski definition) is 2. The van der Waals surface area contributed by atoms with Crippen LogP contribution in [0.4, 0.5) is 0 Å². The number of rotatable bonds is 2. The van der Waals surface area contributed by atoms with Crippen molar-refractivity contribution in [2.24, 2.45) is 0 Å². The summed E-state index contributed by atoms with van der Waals surface area (Å²) >= 11 is 5.06. The van der Waals surface area contributed by atoms with Gasteiger partial charge in [-0.05, 0) is 0 Å². The Morgan fingerprint density at radius 2 is 1.18 bits per heavy atom. The van der Waals surface area contributed by atoms with Crippen LogP contribution in [0.2, 0.25) is 0 Å². The van der Waals surface area contributed by atoms with Gasteiger partial charge in [0.25, 0.3) is 0 Å². The molecule has 0 amide bonds. The van der Waals surface area contributed by atoms with E-state index in [2.05, 4.69) is 49.2 Å². The zero-order chi connectivity index (χ0) is 9.54. The molecule has 0 aliphatic rings. The Labute approximate surface area is 98.1 Å². The first-order valence-corrected chi connectivity index (χ1v) is 17.3. The predicted molar refractivity (Wildman–Crippen MR) is 62.6 cm³/mol. The summed E-state index contributed by atoms with van der Waals surface area (Å²) < 4.78 is 0. The van der Waals surface area contributed by atoms with Crippen molar-refractivity contribution in [3.8, 4) is 0 Å². The van der Waals surface area contributed by atoms with Crippen molar-refractivity contribution in [3.05, 3.63) is 25.3 Å². The van der Waals surface area contributed by atoms with Gasteiger partial charge in [0, 0.05) is 0 Å². The van der Waals surface area contributed by atoms with Crippen LogP contribution in [0, 0.1) is 0 Å². The van der Waals surface area contributed by atoms with Crippen molar-refractivity contribution >= 4 is 36.1 Å². The number of aliphatic hydroxyl groups excluding tert-OH is 2. The topological polar surface area (TPSA) is 40.5 Å². The first-order valence-electron chi connectivity index (χ1n) is 2.64.